The zero-order chi connectivity index (χ0) is 16.4. The van der Waals surface area contributed by atoms with Crippen molar-refractivity contribution in [2.24, 2.45) is 5.41 Å². The van der Waals surface area contributed by atoms with Crippen molar-refractivity contribution in [2.45, 2.75) is 25.8 Å². The maximum atomic E-state index is 12.8. The molecule has 3 heterocycles. The number of aromatic nitrogens is 2. The summed E-state index contributed by atoms with van der Waals surface area (Å²) in [6.07, 6.45) is 6.98. The summed E-state index contributed by atoms with van der Waals surface area (Å²) < 4.78 is 7.54. The van der Waals surface area contributed by atoms with Gasteiger partial charge in [-0.15, -0.1) is 0 Å². The van der Waals surface area contributed by atoms with E-state index >= 15 is 0 Å². The molecule has 5 heteroatoms. The molecule has 0 bridgehead atoms. The van der Waals surface area contributed by atoms with Crippen molar-refractivity contribution in [1.82, 2.24) is 14.5 Å². The average molecular weight is 325 g/mol. The van der Waals surface area contributed by atoms with Gasteiger partial charge < -0.3 is 14.2 Å². The van der Waals surface area contributed by atoms with Gasteiger partial charge in [-0.1, -0.05) is 30.3 Å². The van der Waals surface area contributed by atoms with E-state index in [2.05, 4.69) is 4.98 Å². The van der Waals surface area contributed by atoms with Crippen molar-refractivity contribution >= 4 is 5.91 Å². The summed E-state index contributed by atoms with van der Waals surface area (Å²) in [5.74, 6) is 1.02. The monoisotopic (exact) mass is 325 g/mol. The topological polar surface area (TPSA) is 47.4 Å². The van der Waals surface area contributed by atoms with Gasteiger partial charge in [0.05, 0.1) is 6.61 Å². The van der Waals surface area contributed by atoms with Gasteiger partial charge in [0.15, 0.2) is 0 Å². The van der Waals surface area contributed by atoms with Crippen molar-refractivity contribution < 1.29 is 9.53 Å². The number of ether oxygens (including phenoxy) is 1. The Bertz CT molecular complexity index is 704. The van der Waals surface area contributed by atoms with Gasteiger partial charge in [-0.3, -0.25) is 4.79 Å². The molecule has 126 valence electrons. The fourth-order valence-corrected chi connectivity index (χ4v) is 3.92. The smallest absolute Gasteiger partial charge is 0.242 e. The number of carbonyl (C=O) groups is 1. The number of likely N-dealkylation sites (tertiary alicyclic amines) is 1. The molecule has 0 N–H and O–H groups in total. The van der Waals surface area contributed by atoms with E-state index in [0.29, 0.717) is 6.54 Å². The van der Waals surface area contributed by atoms with Crippen LogP contribution < -0.4 is 0 Å². The second-order valence-electron chi connectivity index (χ2n) is 6.97. The third kappa shape index (κ3) is 2.96. The van der Waals surface area contributed by atoms with E-state index in [9.17, 15) is 4.79 Å². The lowest BCUT2D eigenvalue weighted by atomic mass is 9.79. The number of nitrogens with zero attached hydrogens (tertiary/aromatic N) is 3. The molecule has 5 nitrogen and oxygen atoms in total. The fraction of sp³-hybridized carbons (Fsp3) is 0.474. The van der Waals surface area contributed by atoms with Crippen LogP contribution in [-0.2, 0) is 16.1 Å². The van der Waals surface area contributed by atoms with Crippen molar-refractivity contribution in [2.75, 3.05) is 26.3 Å². The van der Waals surface area contributed by atoms with Gasteiger partial charge in [0.1, 0.15) is 12.4 Å². The lowest BCUT2D eigenvalue weighted by Crippen LogP contribution is -2.47. The predicted octanol–water partition coefficient (Wildman–Crippen LogP) is 2.58. The Morgan fingerprint density at radius 3 is 2.92 bits per heavy atom. The normalized spacial score (nSPS) is 23.8. The molecule has 1 unspecified atom stereocenters. The molecule has 2 aromatic rings. The Balaban J connectivity index is 1.48. The van der Waals surface area contributed by atoms with Crippen LogP contribution in [0.5, 0.6) is 0 Å². The molecular weight excluding hydrogens is 302 g/mol. The molecule has 2 aliphatic rings. The number of benzene rings is 1. The van der Waals surface area contributed by atoms with E-state index in [1.165, 1.54) is 6.42 Å². The van der Waals surface area contributed by atoms with Gasteiger partial charge in [-0.05, 0) is 19.3 Å². The fourth-order valence-electron chi connectivity index (χ4n) is 3.92. The maximum absolute atomic E-state index is 12.8. The SMILES string of the molecule is O=C(Cn1ccnc1-c1ccccc1)N1CCCC2(CCOC2)C1. The van der Waals surface area contributed by atoms with Crippen LogP contribution in [0.15, 0.2) is 42.7 Å². The van der Waals surface area contributed by atoms with Crippen molar-refractivity contribution in [1.29, 1.82) is 0 Å². The molecule has 1 aromatic carbocycles. The van der Waals surface area contributed by atoms with E-state index in [4.69, 9.17) is 4.74 Å². The van der Waals surface area contributed by atoms with E-state index in [1.807, 2.05) is 46.0 Å². The molecule has 1 atom stereocenters. The number of rotatable bonds is 3. The molecule has 4 rings (SSSR count). The highest BCUT2D eigenvalue weighted by atomic mass is 16.5. The minimum atomic E-state index is 0.177. The van der Waals surface area contributed by atoms with E-state index in [-0.39, 0.29) is 11.3 Å². The third-order valence-corrected chi connectivity index (χ3v) is 5.25. The van der Waals surface area contributed by atoms with Crippen LogP contribution >= 0.6 is 0 Å². The number of imidazole rings is 1. The molecule has 1 amide bonds. The van der Waals surface area contributed by atoms with Crippen LogP contribution in [0.2, 0.25) is 0 Å². The lowest BCUT2D eigenvalue weighted by molar-refractivity contribution is -0.135. The summed E-state index contributed by atoms with van der Waals surface area (Å²) in [7, 11) is 0. The second kappa shape index (κ2) is 6.40. The number of piperidine rings is 1. The highest BCUT2D eigenvalue weighted by Crippen LogP contribution is 2.37. The van der Waals surface area contributed by atoms with E-state index < -0.39 is 0 Å². The Morgan fingerprint density at radius 1 is 1.25 bits per heavy atom. The largest absolute Gasteiger partial charge is 0.381 e. The van der Waals surface area contributed by atoms with Gasteiger partial charge in [-0.25, -0.2) is 4.98 Å². The van der Waals surface area contributed by atoms with Crippen molar-refractivity contribution in [3.63, 3.8) is 0 Å². The van der Waals surface area contributed by atoms with Gasteiger partial charge in [0.25, 0.3) is 0 Å². The van der Waals surface area contributed by atoms with Crippen molar-refractivity contribution in [3.05, 3.63) is 42.7 Å². The Labute approximate surface area is 142 Å². The average Bonchev–Trinajstić information content (AvgIpc) is 3.26. The Hall–Kier alpha value is -2.14. The number of amides is 1. The summed E-state index contributed by atoms with van der Waals surface area (Å²) in [6, 6.07) is 10.0. The first-order valence-electron chi connectivity index (χ1n) is 8.68. The molecule has 0 radical (unpaired) electrons. The minimum absolute atomic E-state index is 0.177. The highest BCUT2D eigenvalue weighted by Gasteiger charge is 2.40. The van der Waals surface area contributed by atoms with Gasteiger partial charge in [0.2, 0.25) is 5.91 Å². The Morgan fingerprint density at radius 2 is 2.12 bits per heavy atom. The van der Waals surface area contributed by atoms with Crippen LogP contribution in [0.25, 0.3) is 11.4 Å². The quantitative estimate of drug-likeness (QED) is 0.871. The molecule has 1 spiro atoms. The first-order valence-corrected chi connectivity index (χ1v) is 8.68. The molecule has 2 aliphatic heterocycles. The summed E-state index contributed by atoms with van der Waals surface area (Å²) in [6.45, 7) is 3.68. The molecule has 2 saturated heterocycles. The summed E-state index contributed by atoms with van der Waals surface area (Å²) in [4.78, 5) is 19.3. The van der Waals surface area contributed by atoms with Gasteiger partial charge in [-0.2, -0.15) is 0 Å². The number of hydrogen-bond acceptors (Lipinski definition) is 3. The van der Waals surface area contributed by atoms with Crippen LogP contribution in [-0.4, -0.2) is 46.7 Å². The zero-order valence-corrected chi connectivity index (χ0v) is 13.9. The van der Waals surface area contributed by atoms with E-state index in [0.717, 1.165) is 50.5 Å². The predicted molar refractivity (Wildman–Crippen MR) is 91.3 cm³/mol. The van der Waals surface area contributed by atoms with Crippen LogP contribution in [0.4, 0.5) is 0 Å². The summed E-state index contributed by atoms with van der Waals surface area (Å²) in [5.41, 5.74) is 1.24. The molecular formula is C19H23N3O2. The first-order chi connectivity index (χ1) is 11.8. The summed E-state index contributed by atoms with van der Waals surface area (Å²) >= 11 is 0. The molecule has 2 fully saturated rings. The Kier molecular flexibility index (Phi) is 4.10. The molecule has 24 heavy (non-hydrogen) atoms. The maximum Gasteiger partial charge on any atom is 0.242 e. The zero-order valence-electron chi connectivity index (χ0n) is 13.9. The third-order valence-electron chi connectivity index (χ3n) is 5.25. The minimum Gasteiger partial charge on any atom is -0.381 e. The van der Waals surface area contributed by atoms with E-state index in [1.54, 1.807) is 6.20 Å². The van der Waals surface area contributed by atoms with Crippen LogP contribution in [0.3, 0.4) is 0 Å². The van der Waals surface area contributed by atoms with Crippen LogP contribution in [0, 0.1) is 5.41 Å². The standard InChI is InChI=1S/C19H23N3O2/c23-17(22-10-4-7-19(14-22)8-12-24-15-19)13-21-11-9-20-18(21)16-5-2-1-3-6-16/h1-3,5-6,9,11H,4,7-8,10,12-15H2. The highest BCUT2D eigenvalue weighted by molar-refractivity contribution is 5.77. The molecule has 0 aliphatic carbocycles. The van der Waals surface area contributed by atoms with Gasteiger partial charge >= 0.3 is 0 Å². The number of carbonyl (C=O) groups excluding carboxylic acids is 1. The van der Waals surface area contributed by atoms with Crippen molar-refractivity contribution in [3.8, 4) is 11.4 Å². The first kappa shape index (κ1) is 15.4. The van der Waals surface area contributed by atoms with Gasteiger partial charge in [0, 0.05) is 43.1 Å². The lowest BCUT2D eigenvalue weighted by Gasteiger charge is -2.39. The number of hydrogen-bond donors (Lipinski definition) is 0. The van der Waals surface area contributed by atoms with Crippen LogP contribution in [0.1, 0.15) is 19.3 Å². The second-order valence-corrected chi connectivity index (χ2v) is 6.97. The summed E-state index contributed by atoms with van der Waals surface area (Å²) in [5, 5.41) is 0. The molecule has 1 aromatic heterocycles. The molecule has 0 saturated carbocycles.